The summed E-state index contributed by atoms with van der Waals surface area (Å²) in [7, 11) is -3.66. The van der Waals surface area contributed by atoms with E-state index in [1.165, 1.54) is 30.3 Å². The van der Waals surface area contributed by atoms with Gasteiger partial charge in [0.1, 0.15) is 5.82 Å². The predicted molar refractivity (Wildman–Crippen MR) is 127 cm³/mol. The summed E-state index contributed by atoms with van der Waals surface area (Å²) in [5, 5.41) is 28.9. The number of aliphatic carboxylic acids is 1. The molecule has 0 spiro atoms. The van der Waals surface area contributed by atoms with Crippen LogP contribution in [0.15, 0.2) is 30.3 Å². The highest BCUT2D eigenvalue weighted by atomic mass is 32.2. The first-order valence-corrected chi connectivity index (χ1v) is 12.6. The molecule has 1 aromatic heterocycles. The van der Waals surface area contributed by atoms with Crippen LogP contribution in [0.2, 0.25) is 0 Å². The summed E-state index contributed by atoms with van der Waals surface area (Å²) in [5.41, 5.74) is 1.84. The van der Waals surface area contributed by atoms with Crippen molar-refractivity contribution in [2.24, 2.45) is 0 Å². The summed E-state index contributed by atoms with van der Waals surface area (Å²) >= 11 is 0. The molecule has 2 atom stereocenters. The largest absolute Gasteiger partial charge is 0.481 e. The topological polar surface area (TPSA) is 141 Å². The fourth-order valence-electron chi connectivity index (χ4n) is 3.39. The van der Waals surface area contributed by atoms with Crippen molar-refractivity contribution in [3.8, 4) is 11.3 Å². The predicted octanol–water partition coefficient (Wildman–Crippen LogP) is 2.79. The maximum atomic E-state index is 13.6. The third-order valence-electron chi connectivity index (χ3n) is 4.95. The Morgan fingerprint density at radius 3 is 2.29 bits per heavy atom. The molecule has 0 bridgehead atoms. The fourth-order valence-corrected chi connectivity index (χ4v) is 4.24. The molecule has 1 aromatic carbocycles. The zero-order chi connectivity index (χ0) is 25.6. The summed E-state index contributed by atoms with van der Waals surface area (Å²) in [6.07, 6.45) is 0.909. The maximum Gasteiger partial charge on any atom is 0.305 e. The number of aliphatic hydroxyl groups excluding tert-OH is 2. The molecule has 0 saturated heterocycles. The molecule has 0 radical (unpaired) electrons. The summed E-state index contributed by atoms with van der Waals surface area (Å²) in [6.45, 7) is 5.49. The first-order valence-electron chi connectivity index (χ1n) is 10.7. The van der Waals surface area contributed by atoms with E-state index in [-0.39, 0.29) is 24.8 Å². The van der Waals surface area contributed by atoms with Gasteiger partial charge in [0, 0.05) is 24.1 Å². The van der Waals surface area contributed by atoms with Gasteiger partial charge in [0.05, 0.1) is 36.3 Å². The van der Waals surface area contributed by atoms with Crippen LogP contribution in [0.1, 0.15) is 50.8 Å². The van der Waals surface area contributed by atoms with Crippen LogP contribution in [0.4, 0.5) is 10.3 Å². The average molecular weight is 496 g/mol. The van der Waals surface area contributed by atoms with Crippen molar-refractivity contribution in [2.75, 3.05) is 17.1 Å². The van der Waals surface area contributed by atoms with Crippen molar-refractivity contribution in [2.45, 2.75) is 51.7 Å². The van der Waals surface area contributed by atoms with E-state index in [9.17, 15) is 27.8 Å². The molecule has 11 heteroatoms. The average Bonchev–Trinajstić information content (AvgIpc) is 2.71. The first-order chi connectivity index (χ1) is 15.8. The number of anilines is 1. The minimum Gasteiger partial charge on any atom is -0.481 e. The SMILES string of the molecule is CCN(c1nc(-c2ccc(F)cc2)c(/C=C/[C@@H](O)C[C@@H](O)CC(=O)O)c(C(C)C)n1)S(C)(=O)=O. The lowest BCUT2D eigenvalue weighted by atomic mass is 9.97. The number of nitrogens with zero attached hydrogens (tertiary/aromatic N) is 3. The van der Waals surface area contributed by atoms with Crippen LogP contribution in [0, 0.1) is 5.82 Å². The molecular weight excluding hydrogens is 465 g/mol. The van der Waals surface area contributed by atoms with E-state index in [1.807, 2.05) is 13.8 Å². The Morgan fingerprint density at radius 1 is 1.18 bits per heavy atom. The molecule has 0 unspecified atom stereocenters. The second kappa shape index (κ2) is 11.5. The van der Waals surface area contributed by atoms with Crippen LogP contribution < -0.4 is 4.31 Å². The molecule has 0 saturated carbocycles. The number of carboxylic acids is 1. The van der Waals surface area contributed by atoms with Crippen molar-refractivity contribution < 1.29 is 32.9 Å². The van der Waals surface area contributed by atoms with Crippen LogP contribution in [0.25, 0.3) is 17.3 Å². The number of halogens is 1. The van der Waals surface area contributed by atoms with Gasteiger partial charge in [-0.25, -0.2) is 27.1 Å². The van der Waals surface area contributed by atoms with E-state index in [0.29, 0.717) is 22.5 Å². The van der Waals surface area contributed by atoms with Gasteiger partial charge in [0.2, 0.25) is 16.0 Å². The van der Waals surface area contributed by atoms with Crippen molar-refractivity contribution in [1.82, 2.24) is 9.97 Å². The Hall–Kier alpha value is -2.89. The molecule has 2 rings (SSSR count). The van der Waals surface area contributed by atoms with Crippen molar-refractivity contribution in [1.29, 1.82) is 0 Å². The molecule has 186 valence electrons. The molecule has 0 aliphatic carbocycles. The van der Waals surface area contributed by atoms with E-state index in [1.54, 1.807) is 13.0 Å². The highest BCUT2D eigenvalue weighted by Crippen LogP contribution is 2.32. The number of aliphatic hydroxyl groups is 2. The maximum absolute atomic E-state index is 13.6. The van der Waals surface area contributed by atoms with Crippen LogP contribution in [-0.4, -0.2) is 64.7 Å². The van der Waals surface area contributed by atoms with Gasteiger partial charge in [-0.3, -0.25) is 4.79 Å². The minimum absolute atomic E-state index is 0.0254. The Kier molecular flexibility index (Phi) is 9.25. The Balaban J connectivity index is 2.65. The van der Waals surface area contributed by atoms with E-state index in [2.05, 4.69) is 9.97 Å². The number of aromatic nitrogens is 2. The van der Waals surface area contributed by atoms with Crippen molar-refractivity contribution in [3.05, 3.63) is 47.4 Å². The summed E-state index contributed by atoms with van der Waals surface area (Å²) in [4.78, 5) is 19.7. The van der Waals surface area contributed by atoms with Gasteiger partial charge in [0.15, 0.2) is 0 Å². The fraction of sp³-hybridized carbons (Fsp3) is 0.435. The van der Waals surface area contributed by atoms with Gasteiger partial charge in [-0.2, -0.15) is 0 Å². The highest BCUT2D eigenvalue weighted by Gasteiger charge is 2.24. The molecule has 0 aliphatic rings. The van der Waals surface area contributed by atoms with Gasteiger partial charge in [0.25, 0.3) is 0 Å². The minimum atomic E-state index is -3.66. The number of sulfonamides is 1. The molecule has 1 heterocycles. The van der Waals surface area contributed by atoms with Crippen LogP contribution in [-0.2, 0) is 14.8 Å². The number of hydrogen-bond acceptors (Lipinski definition) is 7. The molecule has 0 amide bonds. The van der Waals surface area contributed by atoms with E-state index < -0.39 is 40.4 Å². The number of benzene rings is 1. The standard InChI is InChI=1S/C23H30FN3O6S/c1-5-27(34(4,32)33)23-25-21(14(2)3)19(11-10-17(28)12-18(29)13-20(30)31)22(26-23)15-6-8-16(24)9-7-15/h6-11,14,17-18,28-29H,5,12-13H2,1-4H3,(H,30,31)/b11-10+/t17-,18-/m1/s1. The second-order valence-corrected chi connectivity index (χ2v) is 10.1. The Labute approximate surface area is 198 Å². The molecule has 2 aromatic rings. The zero-order valence-electron chi connectivity index (χ0n) is 19.5. The monoisotopic (exact) mass is 495 g/mol. The molecule has 34 heavy (non-hydrogen) atoms. The Morgan fingerprint density at radius 2 is 1.79 bits per heavy atom. The lowest BCUT2D eigenvalue weighted by Crippen LogP contribution is -2.31. The smallest absolute Gasteiger partial charge is 0.305 e. The molecule has 0 fully saturated rings. The third-order valence-corrected chi connectivity index (χ3v) is 6.17. The van der Waals surface area contributed by atoms with Crippen LogP contribution in [0.5, 0.6) is 0 Å². The molecule has 0 aliphatic heterocycles. The van der Waals surface area contributed by atoms with E-state index in [0.717, 1.165) is 10.6 Å². The van der Waals surface area contributed by atoms with Gasteiger partial charge >= 0.3 is 5.97 Å². The molecule has 3 N–H and O–H groups in total. The number of rotatable bonds is 11. The Bertz CT molecular complexity index is 1140. The van der Waals surface area contributed by atoms with Crippen molar-refractivity contribution >= 4 is 28.0 Å². The van der Waals surface area contributed by atoms with E-state index >= 15 is 0 Å². The number of hydrogen-bond donors (Lipinski definition) is 3. The van der Waals surface area contributed by atoms with Crippen molar-refractivity contribution in [3.63, 3.8) is 0 Å². The number of carbonyl (C=O) groups is 1. The van der Waals surface area contributed by atoms with Gasteiger partial charge in [-0.15, -0.1) is 0 Å². The van der Waals surface area contributed by atoms with Gasteiger partial charge in [-0.1, -0.05) is 26.0 Å². The quantitative estimate of drug-likeness (QED) is 0.432. The molecule has 9 nitrogen and oxygen atoms in total. The summed E-state index contributed by atoms with van der Waals surface area (Å²) in [5.74, 6) is -1.83. The van der Waals surface area contributed by atoms with E-state index in [4.69, 9.17) is 5.11 Å². The summed E-state index contributed by atoms with van der Waals surface area (Å²) < 4.78 is 39.2. The normalized spacial score (nSPS) is 13.9. The third kappa shape index (κ3) is 7.31. The lowest BCUT2D eigenvalue weighted by molar-refractivity contribution is -0.139. The number of carboxylic acid groups (broad SMARTS) is 1. The zero-order valence-corrected chi connectivity index (χ0v) is 20.3. The second-order valence-electron chi connectivity index (χ2n) is 8.17. The lowest BCUT2D eigenvalue weighted by Gasteiger charge is -2.22. The molecular formula is C23H30FN3O6S. The van der Waals surface area contributed by atoms with Gasteiger partial charge in [-0.05, 0) is 37.1 Å². The highest BCUT2D eigenvalue weighted by molar-refractivity contribution is 7.92. The van der Waals surface area contributed by atoms with Crippen LogP contribution in [0.3, 0.4) is 0 Å². The van der Waals surface area contributed by atoms with Crippen LogP contribution >= 0.6 is 0 Å². The first kappa shape index (κ1) is 27.4. The van der Waals surface area contributed by atoms with Gasteiger partial charge < -0.3 is 15.3 Å². The summed E-state index contributed by atoms with van der Waals surface area (Å²) in [6, 6.07) is 5.52.